The number of oxazole rings is 1. The highest BCUT2D eigenvalue weighted by Gasteiger charge is 2.07. The number of guanidine groups is 1. The molecule has 0 atom stereocenters. The predicted molar refractivity (Wildman–Crippen MR) is 102 cm³/mol. The highest BCUT2D eigenvalue weighted by Crippen LogP contribution is 2.07. The zero-order chi connectivity index (χ0) is 16.6. The fourth-order valence-electron chi connectivity index (χ4n) is 1.62. The number of aryl methyl sites for hydroxylation is 2. The van der Waals surface area contributed by atoms with E-state index >= 15 is 0 Å². The second-order valence-electron chi connectivity index (χ2n) is 4.75. The van der Waals surface area contributed by atoms with Gasteiger partial charge in [0.15, 0.2) is 5.96 Å². The van der Waals surface area contributed by atoms with Crippen molar-refractivity contribution in [1.29, 1.82) is 0 Å². The lowest BCUT2D eigenvalue weighted by Gasteiger charge is -2.10. The van der Waals surface area contributed by atoms with Crippen LogP contribution in [0.15, 0.2) is 9.41 Å². The van der Waals surface area contributed by atoms with Crippen molar-refractivity contribution < 1.29 is 12.8 Å². The lowest BCUT2D eigenvalue weighted by molar-refractivity contribution is 0.463. The standard InChI is InChI=1S/C13H25N5O3S.HI/c1-5-22(19,20)17-8-6-7-15-13(14-4)16-9-12-18-10(2)11(3)21-12;/h17H,5-9H2,1-4H3,(H2,14,15,16);1H. The molecule has 0 amide bonds. The molecule has 3 N–H and O–H groups in total. The monoisotopic (exact) mass is 459 g/mol. The summed E-state index contributed by atoms with van der Waals surface area (Å²) in [6.07, 6.45) is 0.664. The third kappa shape index (κ3) is 8.51. The van der Waals surface area contributed by atoms with Gasteiger partial charge in [0.2, 0.25) is 15.9 Å². The average molecular weight is 459 g/mol. The second-order valence-corrected chi connectivity index (χ2v) is 6.85. The number of aromatic nitrogens is 1. The van der Waals surface area contributed by atoms with E-state index in [1.807, 2.05) is 13.8 Å². The van der Waals surface area contributed by atoms with E-state index in [2.05, 4.69) is 25.3 Å². The Hall–Kier alpha value is -0.880. The van der Waals surface area contributed by atoms with Crippen molar-refractivity contribution in [1.82, 2.24) is 20.3 Å². The van der Waals surface area contributed by atoms with Crippen LogP contribution < -0.4 is 15.4 Å². The van der Waals surface area contributed by atoms with E-state index in [1.165, 1.54) is 0 Å². The molecule has 1 heterocycles. The van der Waals surface area contributed by atoms with Crippen molar-refractivity contribution in [3.05, 3.63) is 17.3 Å². The third-order valence-corrected chi connectivity index (χ3v) is 4.46. The molecule has 0 aliphatic heterocycles. The first-order chi connectivity index (χ1) is 10.4. The quantitative estimate of drug-likeness (QED) is 0.231. The normalized spacial score (nSPS) is 11.9. The molecule has 0 saturated heterocycles. The molecule has 0 fully saturated rings. The van der Waals surface area contributed by atoms with Crippen LogP contribution in [0.5, 0.6) is 0 Å². The van der Waals surface area contributed by atoms with Gasteiger partial charge < -0.3 is 15.1 Å². The van der Waals surface area contributed by atoms with Crippen LogP contribution in [0, 0.1) is 13.8 Å². The van der Waals surface area contributed by atoms with Crippen LogP contribution >= 0.6 is 24.0 Å². The molecule has 0 bridgehead atoms. The Bertz CT molecular complexity index is 581. The first kappa shape index (κ1) is 22.1. The van der Waals surface area contributed by atoms with E-state index < -0.39 is 10.0 Å². The largest absolute Gasteiger partial charge is 0.444 e. The van der Waals surface area contributed by atoms with Crippen molar-refractivity contribution >= 4 is 40.0 Å². The van der Waals surface area contributed by atoms with Crippen molar-refractivity contribution in [3.63, 3.8) is 0 Å². The summed E-state index contributed by atoms with van der Waals surface area (Å²) in [6, 6.07) is 0. The van der Waals surface area contributed by atoms with Crippen LogP contribution in [0.1, 0.15) is 30.7 Å². The maximum Gasteiger partial charge on any atom is 0.214 e. The Morgan fingerprint density at radius 3 is 2.48 bits per heavy atom. The Morgan fingerprint density at radius 1 is 1.26 bits per heavy atom. The van der Waals surface area contributed by atoms with Crippen molar-refractivity contribution in [3.8, 4) is 0 Å². The van der Waals surface area contributed by atoms with E-state index in [-0.39, 0.29) is 29.7 Å². The second kappa shape index (κ2) is 10.8. The minimum atomic E-state index is -3.12. The smallest absolute Gasteiger partial charge is 0.214 e. The first-order valence-electron chi connectivity index (χ1n) is 7.22. The average Bonchev–Trinajstić information content (AvgIpc) is 2.80. The van der Waals surface area contributed by atoms with Gasteiger partial charge in [-0.1, -0.05) is 0 Å². The van der Waals surface area contributed by atoms with Gasteiger partial charge in [-0.15, -0.1) is 24.0 Å². The minimum absolute atomic E-state index is 0. The number of nitrogens with one attached hydrogen (secondary N) is 3. The molecule has 0 radical (unpaired) electrons. The van der Waals surface area contributed by atoms with Gasteiger partial charge >= 0.3 is 0 Å². The summed E-state index contributed by atoms with van der Waals surface area (Å²) in [4.78, 5) is 8.36. The lowest BCUT2D eigenvalue weighted by atomic mass is 10.4. The van der Waals surface area contributed by atoms with Gasteiger partial charge in [-0.2, -0.15) is 0 Å². The number of sulfonamides is 1. The molecule has 23 heavy (non-hydrogen) atoms. The molecule has 0 saturated carbocycles. The topological polar surface area (TPSA) is 109 Å². The van der Waals surface area contributed by atoms with Gasteiger partial charge in [0, 0.05) is 20.1 Å². The van der Waals surface area contributed by atoms with Crippen LogP contribution in [-0.4, -0.2) is 45.3 Å². The summed E-state index contributed by atoms with van der Waals surface area (Å²) in [5.41, 5.74) is 0.878. The van der Waals surface area contributed by atoms with Gasteiger partial charge in [-0.05, 0) is 27.2 Å². The number of aliphatic imine (C=N–C) groups is 1. The molecule has 134 valence electrons. The molecule has 1 aromatic heterocycles. The number of hydrogen-bond acceptors (Lipinski definition) is 5. The molecule has 8 nitrogen and oxygen atoms in total. The van der Waals surface area contributed by atoms with E-state index in [9.17, 15) is 8.42 Å². The number of rotatable bonds is 8. The Balaban J connectivity index is 0.00000484. The maximum absolute atomic E-state index is 11.3. The summed E-state index contributed by atoms with van der Waals surface area (Å²) in [5, 5.41) is 6.19. The van der Waals surface area contributed by atoms with Crippen LogP contribution in [0.2, 0.25) is 0 Å². The third-order valence-electron chi connectivity index (χ3n) is 3.05. The maximum atomic E-state index is 11.3. The fourth-order valence-corrected chi connectivity index (χ4v) is 2.28. The van der Waals surface area contributed by atoms with E-state index in [1.54, 1.807) is 14.0 Å². The van der Waals surface area contributed by atoms with Crippen molar-refractivity contribution in [2.24, 2.45) is 4.99 Å². The first-order valence-corrected chi connectivity index (χ1v) is 8.88. The number of halogens is 1. The molecular formula is C13H26IN5O3S. The summed E-state index contributed by atoms with van der Waals surface area (Å²) in [5.74, 6) is 2.13. The number of nitrogens with zero attached hydrogens (tertiary/aromatic N) is 2. The highest BCUT2D eigenvalue weighted by molar-refractivity contribution is 14.0. The van der Waals surface area contributed by atoms with Gasteiger partial charge in [0.25, 0.3) is 0 Å². The molecule has 1 rings (SSSR count). The highest BCUT2D eigenvalue weighted by atomic mass is 127. The Labute approximate surface area is 155 Å². The van der Waals surface area contributed by atoms with Crippen LogP contribution in [0.3, 0.4) is 0 Å². The molecule has 0 spiro atoms. The zero-order valence-electron chi connectivity index (χ0n) is 14.0. The summed E-state index contributed by atoms with van der Waals surface area (Å²) in [7, 11) is -1.45. The fraction of sp³-hybridized carbons (Fsp3) is 0.692. The van der Waals surface area contributed by atoms with E-state index in [4.69, 9.17) is 4.42 Å². The lowest BCUT2D eigenvalue weighted by Crippen LogP contribution is -2.38. The Kier molecular flexibility index (Phi) is 10.4. The molecule has 0 aliphatic carbocycles. The SMILES string of the molecule is CCS(=O)(=O)NCCCNC(=NC)NCc1nc(C)c(C)o1.I. The van der Waals surface area contributed by atoms with Crippen LogP contribution in [-0.2, 0) is 16.6 Å². The number of hydrogen-bond donors (Lipinski definition) is 3. The van der Waals surface area contributed by atoms with Crippen LogP contribution in [0.25, 0.3) is 0 Å². The van der Waals surface area contributed by atoms with Crippen molar-refractivity contribution in [2.75, 3.05) is 25.9 Å². The molecular weight excluding hydrogens is 433 g/mol. The molecule has 0 aromatic carbocycles. The van der Waals surface area contributed by atoms with Crippen molar-refractivity contribution in [2.45, 2.75) is 33.7 Å². The van der Waals surface area contributed by atoms with Gasteiger partial charge in [-0.25, -0.2) is 18.1 Å². The molecule has 10 heteroatoms. The van der Waals surface area contributed by atoms with Gasteiger partial charge in [0.1, 0.15) is 5.76 Å². The zero-order valence-corrected chi connectivity index (χ0v) is 17.1. The molecule has 0 unspecified atom stereocenters. The van der Waals surface area contributed by atoms with Crippen LogP contribution in [0.4, 0.5) is 0 Å². The van der Waals surface area contributed by atoms with Gasteiger partial charge in [0.05, 0.1) is 18.0 Å². The Morgan fingerprint density at radius 2 is 1.96 bits per heavy atom. The summed E-state index contributed by atoms with van der Waals surface area (Å²) >= 11 is 0. The minimum Gasteiger partial charge on any atom is -0.444 e. The van der Waals surface area contributed by atoms with E-state index in [0.717, 1.165) is 11.5 Å². The predicted octanol–water partition coefficient (Wildman–Crippen LogP) is 0.904. The van der Waals surface area contributed by atoms with E-state index in [0.29, 0.717) is 37.9 Å². The summed E-state index contributed by atoms with van der Waals surface area (Å²) in [6.45, 7) is 6.83. The molecule has 1 aromatic rings. The summed E-state index contributed by atoms with van der Waals surface area (Å²) < 4.78 is 30.5. The van der Waals surface area contributed by atoms with Gasteiger partial charge in [-0.3, -0.25) is 4.99 Å². The molecule has 0 aliphatic rings.